The molecule has 0 aliphatic heterocycles. The second-order valence-electron chi connectivity index (χ2n) is 7.75. The van der Waals surface area contributed by atoms with E-state index in [-0.39, 0.29) is 11.5 Å². The van der Waals surface area contributed by atoms with E-state index in [0.29, 0.717) is 21.7 Å². The highest BCUT2D eigenvalue weighted by molar-refractivity contribution is 7.12. The Kier molecular flexibility index (Phi) is 6.31. The van der Waals surface area contributed by atoms with Gasteiger partial charge in [0, 0.05) is 16.8 Å². The number of aryl methyl sites for hydroxylation is 1. The number of hydrogen-bond donors (Lipinski definition) is 1. The number of thiophene rings is 1. The number of carbonyl (C=O) groups excluding carboxylic acids is 1. The standard InChI is InChI=1S/C23H22F2N2O2S/c1-14-9-10-30-21(14)22(28)27-20-8-7-17(24)12-18(20)15-5-6-16(19(25)11-15)13-26-29-23(2,3)4/h5-13H,1-4H3,(H,27,28). The van der Waals surface area contributed by atoms with Gasteiger partial charge < -0.3 is 10.2 Å². The molecule has 30 heavy (non-hydrogen) atoms. The maximum absolute atomic E-state index is 14.6. The zero-order valence-corrected chi connectivity index (χ0v) is 17.9. The van der Waals surface area contributed by atoms with Crippen molar-refractivity contribution in [2.24, 2.45) is 5.16 Å². The van der Waals surface area contributed by atoms with Crippen LogP contribution >= 0.6 is 11.3 Å². The highest BCUT2D eigenvalue weighted by Gasteiger charge is 2.15. The van der Waals surface area contributed by atoms with Crippen LogP contribution in [-0.4, -0.2) is 17.7 Å². The van der Waals surface area contributed by atoms with Crippen LogP contribution in [0.25, 0.3) is 11.1 Å². The van der Waals surface area contributed by atoms with Gasteiger partial charge in [-0.15, -0.1) is 11.3 Å². The topological polar surface area (TPSA) is 50.7 Å². The molecule has 0 unspecified atom stereocenters. The molecule has 156 valence electrons. The maximum Gasteiger partial charge on any atom is 0.266 e. The van der Waals surface area contributed by atoms with E-state index in [1.807, 2.05) is 39.1 Å². The van der Waals surface area contributed by atoms with Crippen molar-refractivity contribution in [1.82, 2.24) is 0 Å². The first-order chi connectivity index (χ1) is 14.1. The number of hydrogen-bond acceptors (Lipinski definition) is 4. The van der Waals surface area contributed by atoms with E-state index < -0.39 is 17.2 Å². The fraction of sp³-hybridized carbons (Fsp3) is 0.217. The maximum atomic E-state index is 14.6. The van der Waals surface area contributed by atoms with Crippen molar-refractivity contribution in [3.8, 4) is 11.1 Å². The summed E-state index contributed by atoms with van der Waals surface area (Å²) < 4.78 is 28.5. The summed E-state index contributed by atoms with van der Waals surface area (Å²) in [7, 11) is 0. The Hall–Kier alpha value is -3.06. The van der Waals surface area contributed by atoms with Crippen LogP contribution in [-0.2, 0) is 4.84 Å². The number of halogens is 2. The lowest BCUT2D eigenvalue weighted by Gasteiger charge is -2.15. The van der Waals surface area contributed by atoms with Gasteiger partial charge in [-0.25, -0.2) is 8.78 Å². The molecule has 4 nitrogen and oxygen atoms in total. The summed E-state index contributed by atoms with van der Waals surface area (Å²) in [6.07, 6.45) is 1.29. The van der Waals surface area contributed by atoms with Crippen LogP contribution in [0.4, 0.5) is 14.5 Å². The number of amides is 1. The van der Waals surface area contributed by atoms with Crippen molar-refractivity contribution < 1.29 is 18.4 Å². The first-order valence-corrected chi connectivity index (χ1v) is 10.2. The van der Waals surface area contributed by atoms with Gasteiger partial charge in [-0.1, -0.05) is 11.2 Å². The lowest BCUT2D eigenvalue weighted by Crippen LogP contribution is -2.15. The molecule has 1 N–H and O–H groups in total. The summed E-state index contributed by atoms with van der Waals surface area (Å²) in [5, 5.41) is 8.43. The summed E-state index contributed by atoms with van der Waals surface area (Å²) in [6, 6.07) is 10.3. The minimum atomic E-state index is -0.538. The molecule has 0 fully saturated rings. The number of carbonyl (C=O) groups is 1. The molecule has 0 saturated heterocycles. The van der Waals surface area contributed by atoms with E-state index in [1.54, 1.807) is 6.07 Å². The van der Waals surface area contributed by atoms with Crippen LogP contribution in [0.2, 0.25) is 0 Å². The fourth-order valence-electron chi connectivity index (χ4n) is 2.69. The van der Waals surface area contributed by atoms with E-state index in [9.17, 15) is 13.6 Å². The molecule has 1 heterocycles. The second kappa shape index (κ2) is 8.75. The normalized spacial score (nSPS) is 11.7. The Bertz CT molecular complexity index is 1100. The van der Waals surface area contributed by atoms with E-state index in [1.165, 1.54) is 47.9 Å². The SMILES string of the molecule is Cc1ccsc1C(=O)Nc1ccc(F)cc1-c1ccc(C=NOC(C)(C)C)c(F)c1. The molecule has 3 aromatic rings. The molecule has 0 radical (unpaired) electrons. The number of nitrogens with one attached hydrogen (secondary N) is 1. The third-order valence-electron chi connectivity index (χ3n) is 4.13. The molecule has 0 aliphatic rings. The minimum absolute atomic E-state index is 0.235. The number of benzene rings is 2. The molecule has 2 aromatic carbocycles. The first-order valence-electron chi connectivity index (χ1n) is 9.30. The van der Waals surface area contributed by atoms with Crippen LogP contribution in [0.1, 0.15) is 41.6 Å². The summed E-state index contributed by atoms with van der Waals surface area (Å²) in [4.78, 5) is 18.4. The quantitative estimate of drug-likeness (QED) is 0.377. The Balaban J connectivity index is 1.90. The summed E-state index contributed by atoms with van der Waals surface area (Å²) >= 11 is 1.32. The van der Waals surface area contributed by atoms with Gasteiger partial charge in [-0.2, -0.15) is 0 Å². The minimum Gasteiger partial charge on any atom is -0.390 e. The third kappa shape index (κ3) is 5.30. The molecule has 1 aromatic heterocycles. The summed E-state index contributed by atoms with van der Waals surface area (Å²) in [5.74, 6) is -1.32. The molecular weight excluding hydrogens is 406 g/mol. The van der Waals surface area contributed by atoms with Gasteiger partial charge in [0.15, 0.2) is 0 Å². The van der Waals surface area contributed by atoms with Crippen molar-refractivity contribution in [1.29, 1.82) is 0 Å². The first kappa shape index (κ1) is 21.6. The molecule has 1 amide bonds. The van der Waals surface area contributed by atoms with Gasteiger partial charge in [-0.3, -0.25) is 4.79 Å². The number of oxime groups is 1. The predicted molar refractivity (Wildman–Crippen MR) is 117 cm³/mol. The van der Waals surface area contributed by atoms with Crippen molar-refractivity contribution in [2.45, 2.75) is 33.3 Å². The van der Waals surface area contributed by atoms with Gasteiger partial charge in [0.1, 0.15) is 17.2 Å². The van der Waals surface area contributed by atoms with Crippen molar-refractivity contribution >= 4 is 29.1 Å². The van der Waals surface area contributed by atoms with Crippen LogP contribution in [0, 0.1) is 18.6 Å². The van der Waals surface area contributed by atoms with E-state index >= 15 is 0 Å². The fourth-order valence-corrected chi connectivity index (χ4v) is 3.51. The van der Waals surface area contributed by atoms with Crippen molar-refractivity contribution in [2.75, 3.05) is 5.32 Å². The lowest BCUT2D eigenvalue weighted by molar-refractivity contribution is 0.00196. The number of rotatable bonds is 5. The summed E-state index contributed by atoms with van der Waals surface area (Å²) in [6.45, 7) is 7.35. The smallest absolute Gasteiger partial charge is 0.266 e. The molecule has 0 atom stereocenters. The van der Waals surface area contributed by atoms with Crippen LogP contribution in [0.15, 0.2) is 53.0 Å². The average molecular weight is 429 g/mol. The van der Waals surface area contributed by atoms with Crippen molar-refractivity contribution in [3.05, 3.63) is 75.5 Å². The van der Waals surface area contributed by atoms with Crippen LogP contribution < -0.4 is 5.32 Å². The average Bonchev–Trinajstić information content (AvgIpc) is 3.09. The summed E-state index contributed by atoms with van der Waals surface area (Å²) in [5.41, 5.74) is 1.81. The van der Waals surface area contributed by atoms with Gasteiger partial charge in [0.05, 0.1) is 11.1 Å². The second-order valence-corrected chi connectivity index (χ2v) is 8.67. The van der Waals surface area contributed by atoms with E-state index in [2.05, 4.69) is 10.5 Å². The molecule has 0 bridgehead atoms. The van der Waals surface area contributed by atoms with Gasteiger partial charge in [0.2, 0.25) is 0 Å². The highest BCUT2D eigenvalue weighted by atomic mass is 32.1. The predicted octanol–water partition coefficient (Wildman–Crippen LogP) is 6.40. The van der Waals surface area contributed by atoms with Crippen LogP contribution in [0.5, 0.6) is 0 Å². The van der Waals surface area contributed by atoms with Gasteiger partial charge >= 0.3 is 0 Å². The Morgan fingerprint density at radius 1 is 1.13 bits per heavy atom. The largest absolute Gasteiger partial charge is 0.390 e. The Labute approximate surface area is 178 Å². The Morgan fingerprint density at radius 2 is 1.90 bits per heavy atom. The zero-order chi connectivity index (χ0) is 21.9. The molecule has 0 aliphatic carbocycles. The highest BCUT2D eigenvalue weighted by Crippen LogP contribution is 2.31. The van der Waals surface area contributed by atoms with E-state index in [0.717, 1.165) is 5.56 Å². The monoisotopic (exact) mass is 428 g/mol. The van der Waals surface area contributed by atoms with Gasteiger partial charge in [0.25, 0.3) is 5.91 Å². The molecule has 0 spiro atoms. The Morgan fingerprint density at radius 3 is 2.53 bits per heavy atom. The lowest BCUT2D eigenvalue weighted by atomic mass is 10.0. The molecule has 0 saturated carbocycles. The molecular formula is C23H22F2N2O2S. The zero-order valence-electron chi connectivity index (χ0n) is 17.1. The molecule has 7 heteroatoms. The van der Waals surface area contributed by atoms with Crippen molar-refractivity contribution in [3.63, 3.8) is 0 Å². The number of anilines is 1. The van der Waals surface area contributed by atoms with Gasteiger partial charge in [-0.05, 0) is 80.6 Å². The third-order valence-corrected chi connectivity index (χ3v) is 5.14. The van der Waals surface area contributed by atoms with Crippen LogP contribution in [0.3, 0.4) is 0 Å². The molecule has 3 rings (SSSR count). The van der Waals surface area contributed by atoms with E-state index in [4.69, 9.17) is 4.84 Å². The number of nitrogens with zero attached hydrogens (tertiary/aromatic N) is 1.